The summed E-state index contributed by atoms with van der Waals surface area (Å²) in [6, 6.07) is -0.193. The number of carbonyl (C=O) groups is 2. The van der Waals surface area contributed by atoms with Crippen LogP contribution in [0.3, 0.4) is 0 Å². The molecule has 0 aromatic carbocycles. The first-order valence-corrected chi connectivity index (χ1v) is 6.49. The molecule has 6 nitrogen and oxygen atoms in total. The van der Waals surface area contributed by atoms with Gasteiger partial charge in [-0.3, -0.25) is 4.79 Å². The van der Waals surface area contributed by atoms with Gasteiger partial charge in [0, 0.05) is 19.6 Å². The lowest BCUT2D eigenvalue weighted by Gasteiger charge is -2.23. The molecular formula is C12H25N3O3. The third kappa shape index (κ3) is 7.11. The Balaban J connectivity index is 3.92. The van der Waals surface area contributed by atoms with Crippen molar-refractivity contribution >= 4 is 12.0 Å². The number of aliphatic carboxylic acids is 1. The maximum Gasteiger partial charge on any atom is 0.317 e. The number of hydrogen-bond acceptors (Lipinski definition) is 3. The van der Waals surface area contributed by atoms with Crippen molar-refractivity contribution in [2.75, 3.05) is 32.7 Å². The fraction of sp³-hybridized carbons (Fsp3) is 0.833. The van der Waals surface area contributed by atoms with Gasteiger partial charge >= 0.3 is 12.0 Å². The molecule has 0 aliphatic heterocycles. The van der Waals surface area contributed by atoms with Gasteiger partial charge in [0.2, 0.25) is 0 Å². The number of carboxylic acid groups (broad SMARTS) is 1. The highest BCUT2D eigenvalue weighted by molar-refractivity contribution is 5.75. The highest BCUT2D eigenvalue weighted by Crippen LogP contribution is 2.00. The van der Waals surface area contributed by atoms with Crippen molar-refractivity contribution in [3.63, 3.8) is 0 Å². The maximum absolute atomic E-state index is 11.8. The molecule has 0 aromatic rings. The first-order chi connectivity index (χ1) is 8.52. The molecular weight excluding hydrogens is 234 g/mol. The van der Waals surface area contributed by atoms with Crippen molar-refractivity contribution in [1.29, 1.82) is 0 Å². The number of urea groups is 1. The van der Waals surface area contributed by atoms with Crippen LogP contribution in [0.15, 0.2) is 0 Å². The quantitative estimate of drug-likeness (QED) is 0.533. The molecule has 0 heterocycles. The van der Waals surface area contributed by atoms with Gasteiger partial charge in [0.25, 0.3) is 0 Å². The molecule has 0 aromatic heterocycles. The van der Waals surface area contributed by atoms with Gasteiger partial charge in [-0.25, -0.2) is 4.79 Å². The molecule has 1 unspecified atom stereocenters. The molecule has 0 rings (SSSR count). The van der Waals surface area contributed by atoms with E-state index in [-0.39, 0.29) is 12.6 Å². The van der Waals surface area contributed by atoms with Crippen LogP contribution in [0.2, 0.25) is 0 Å². The Hall–Kier alpha value is -1.30. The van der Waals surface area contributed by atoms with Crippen LogP contribution in [0.1, 0.15) is 27.2 Å². The minimum Gasteiger partial charge on any atom is -0.481 e. The molecule has 0 spiro atoms. The van der Waals surface area contributed by atoms with E-state index < -0.39 is 11.9 Å². The molecule has 2 amide bonds. The average Bonchev–Trinajstić information content (AvgIpc) is 2.34. The van der Waals surface area contributed by atoms with Crippen LogP contribution in [0, 0.1) is 5.92 Å². The number of nitrogens with one attached hydrogen (secondary N) is 2. The van der Waals surface area contributed by atoms with E-state index in [1.54, 1.807) is 6.92 Å². The smallest absolute Gasteiger partial charge is 0.317 e. The predicted octanol–water partition coefficient (Wildman–Crippen LogP) is 0.738. The van der Waals surface area contributed by atoms with Gasteiger partial charge in [-0.1, -0.05) is 13.8 Å². The van der Waals surface area contributed by atoms with Crippen LogP contribution in [0.5, 0.6) is 0 Å². The summed E-state index contributed by atoms with van der Waals surface area (Å²) >= 11 is 0. The summed E-state index contributed by atoms with van der Waals surface area (Å²) in [7, 11) is 0. The largest absolute Gasteiger partial charge is 0.481 e. The summed E-state index contributed by atoms with van der Waals surface area (Å²) in [6.45, 7) is 8.62. The molecule has 0 aliphatic carbocycles. The van der Waals surface area contributed by atoms with Gasteiger partial charge in [-0.05, 0) is 26.4 Å². The third-order valence-electron chi connectivity index (χ3n) is 2.64. The Kier molecular flexibility index (Phi) is 9.00. The van der Waals surface area contributed by atoms with Crippen molar-refractivity contribution in [2.24, 2.45) is 5.92 Å². The minimum atomic E-state index is -0.881. The predicted molar refractivity (Wildman–Crippen MR) is 70.6 cm³/mol. The van der Waals surface area contributed by atoms with Crippen LogP contribution in [-0.2, 0) is 4.79 Å². The number of hydrogen-bond donors (Lipinski definition) is 3. The SMILES string of the molecule is CCNCCCNC(=O)N(CC)CC(C)C(=O)O. The lowest BCUT2D eigenvalue weighted by molar-refractivity contribution is -0.141. The molecule has 0 saturated carbocycles. The van der Waals surface area contributed by atoms with Crippen LogP contribution < -0.4 is 10.6 Å². The van der Waals surface area contributed by atoms with E-state index in [1.807, 2.05) is 13.8 Å². The number of amides is 2. The highest BCUT2D eigenvalue weighted by atomic mass is 16.4. The van der Waals surface area contributed by atoms with Gasteiger partial charge in [-0.2, -0.15) is 0 Å². The molecule has 0 radical (unpaired) electrons. The number of carbonyl (C=O) groups excluding carboxylic acids is 1. The number of nitrogens with zero attached hydrogens (tertiary/aromatic N) is 1. The van der Waals surface area contributed by atoms with E-state index in [0.29, 0.717) is 13.1 Å². The Bertz CT molecular complexity index is 259. The first kappa shape index (κ1) is 16.7. The second-order valence-electron chi connectivity index (χ2n) is 4.22. The lowest BCUT2D eigenvalue weighted by Crippen LogP contribution is -2.43. The summed E-state index contributed by atoms with van der Waals surface area (Å²) in [4.78, 5) is 24.0. The Labute approximate surface area is 109 Å². The van der Waals surface area contributed by atoms with E-state index in [4.69, 9.17) is 5.11 Å². The van der Waals surface area contributed by atoms with Gasteiger partial charge in [0.1, 0.15) is 0 Å². The second-order valence-corrected chi connectivity index (χ2v) is 4.22. The summed E-state index contributed by atoms with van der Waals surface area (Å²) in [5.41, 5.74) is 0. The van der Waals surface area contributed by atoms with Crippen molar-refractivity contribution < 1.29 is 14.7 Å². The van der Waals surface area contributed by atoms with E-state index >= 15 is 0 Å². The van der Waals surface area contributed by atoms with E-state index in [9.17, 15) is 9.59 Å². The summed E-state index contributed by atoms with van der Waals surface area (Å²) in [5, 5.41) is 14.8. The number of carboxylic acids is 1. The summed E-state index contributed by atoms with van der Waals surface area (Å²) in [5.74, 6) is -1.43. The van der Waals surface area contributed by atoms with Gasteiger partial charge < -0.3 is 20.6 Å². The molecule has 0 saturated heterocycles. The summed E-state index contributed by atoms with van der Waals surface area (Å²) in [6.07, 6.45) is 0.867. The first-order valence-electron chi connectivity index (χ1n) is 6.49. The topological polar surface area (TPSA) is 81.7 Å². The molecule has 6 heteroatoms. The minimum absolute atomic E-state index is 0.193. The van der Waals surface area contributed by atoms with Gasteiger partial charge in [0.15, 0.2) is 0 Å². The standard InChI is InChI=1S/C12H25N3O3/c1-4-13-7-6-8-14-12(18)15(5-2)9-10(3)11(16)17/h10,13H,4-9H2,1-3H3,(H,14,18)(H,16,17). The normalized spacial score (nSPS) is 11.9. The van der Waals surface area contributed by atoms with Crippen molar-refractivity contribution in [1.82, 2.24) is 15.5 Å². The fourth-order valence-electron chi connectivity index (χ4n) is 1.46. The van der Waals surface area contributed by atoms with Crippen LogP contribution in [0.25, 0.3) is 0 Å². The van der Waals surface area contributed by atoms with Crippen LogP contribution >= 0.6 is 0 Å². The fourth-order valence-corrected chi connectivity index (χ4v) is 1.46. The zero-order chi connectivity index (χ0) is 14.0. The molecule has 106 valence electrons. The van der Waals surface area contributed by atoms with Gasteiger partial charge in [-0.15, -0.1) is 0 Å². The highest BCUT2D eigenvalue weighted by Gasteiger charge is 2.18. The Morgan fingerprint density at radius 3 is 2.44 bits per heavy atom. The van der Waals surface area contributed by atoms with Crippen molar-refractivity contribution in [2.45, 2.75) is 27.2 Å². The average molecular weight is 259 g/mol. The molecule has 1 atom stereocenters. The Morgan fingerprint density at radius 2 is 1.94 bits per heavy atom. The Morgan fingerprint density at radius 1 is 1.28 bits per heavy atom. The lowest BCUT2D eigenvalue weighted by atomic mass is 10.2. The molecule has 0 bridgehead atoms. The number of rotatable bonds is 9. The summed E-state index contributed by atoms with van der Waals surface area (Å²) < 4.78 is 0. The van der Waals surface area contributed by atoms with E-state index in [0.717, 1.165) is 19.5 Å². The molecule has 18 heavy (non-hydrogen) atoms. The van der Waals surface area contributed by atoms with Crippen LogP contribution in [0.4, 0.5) is 4.79 Å². The third-order valence-corrected chi connectivity index (χ3v) is 2.64. The maximum atomic E-state index is 11.8. The zero-order valence-corrected chi connectivity index (χ0v) is 11.5. The monoisotopic (exact) mass is 259 g/mol. The van der Waals surface area contributed by atoms with E-state index in [1.165, 1.54) is 4.90 Å². The second kappa shape index (κ2) is 9.70. The van der Waals surface area contributed by atoms with Crippen molar-refractivity contribution in [3.8, 4) is 0 Å². The van der Waals surface area contributed by atoms with Crippen molar-refractivity contribution in [3.05, 3.63) is 0 Å². The molecule has 0 aliphatic rings. The zero-order valence-electron chi connectivity index (χ0n) is 11.5. The van der Waals surface area contributed by atoms with E-state index in [2.05, 4.69) is 10.6 Å². The van der Waals surface area contributed by atoms with Crippen LogP contribution in [-0.4, -0.2) is 54.7 Å². The van der Waals surface area contributed by atoms with Gasteiger partial charge in [0.05, 0.1) is 5.92 Å². The molecule has 3 N–H and O–H groups in total. The molecule has 0 fully saturated rings.